The largest absolute Gasteiger partial charge is 0.481 e. The third kappa shape index (κ3) is 2.35. The Morgan fingerprint density at radius 2 is 2.18 bits per heavy atom. The summed E-state index contributed by atoms with van der Waals surface area (Å²) < 4.78 is 1.98. The zero-order valence-electron chi connectivity index (χ0n) is 10.5. The molecule has 0 spiro atoms. The van der Waals surface area contributed by atoms with Crippen molar-refractivity contribution in [3.63, 3.8) is 0 Å². The molecule has 0 saturated heterocycles. The van der Waals surface area contributed by atoms with E-state index in [9.17, 15) is 4.79 Å². The van der Waals surface area contributed by atoms with Crippen LogP contribution in [-0.2, 0) is 11.2 Å². The average molecular weight is 236 g/mol. The number of aliphatic carboxylic acids is 1. The van der Waals surface area contributed by atoms with Crippen LogP contribution in [0.15, 0.2) is 12.3 Å². The van der Waals surface area contributed by atoms with Crippen LogP contribution in [0, 0.1) is 5.41 Å². The molecule has 0 amide bonds. The van der Waals surface area contributed by atoms with E-state index in [4.69, 9.17) is 5.11 Å². The zero-order valence-corrected chi connectivity index (χ0v) is 10.5. The second-order valence-corrected chi connectivity index (χ2v) is 5.02. The third-order valence-corrected chi connectivity index (χ3v) is 3.81. The second kappa shape index (κ2) is 4.51. The summed E-state index contributed by atoms with van der Waals surface area (Å²) in [6.45, 7) is 4.30. The van der Waals surface area contributed by atoms with Crippen molar-refractivity contribution in [2.75, 3.05) is 0 Å². The minimum absolute atomic E-state index is 0.434. The molecule has 0 atom stereocenters. The highest BCUT2D eigenvalue weighted by atomic mass is 16.4. The molecule has 1 aromatic rings. The average Bonchev–Trinajstić information content (AvgIpc) is 2.94. The molecule has 4 heteroatoms. The van der Waals surface area contributed by atoms with Gasteiger partial charge in [-0.05, 0) is 31.7 Å². The van der Waals surface area contributed by atoms with Gasteiger partial charge in [-0.3, -0.25) is 9.48 Å². The molecular formula is C13H20N2O2. The van der Waals surface area contributed by atoms with Gasteiger partial charge in [0.1, 0.15) is 0 Å². The Labute approximate surface area is 102 Å². The number of rotatable bonds is 6. The Morgan fingerprint density at radius 3 is 2.65 bits per heavy atom. The molecule has 1 fully saturated rings. The Kier molecular flexibility index (Phi) is 3.22. The SMILES string of the molecule is CCC(CC)n1ccc(CC2(C(=O)O)CC2)n1. The Balaban J connectivity index is 2.06. The van der Waals surface area contributed by atoms with Gasteiger partial charge in [0.15, 0.2) is 0 Å². The topological polar surface area (TPSA) is 55.1 Å². The van der Waals surface area contributed by atoms with Crippen molar-refractivity contribution < 1.29 is 9.90 Å². The number of hydrogen-bond donors (Lipinski definition) is 1. The molecular weight excluding hydrogens is 216 g/mol. The Hall–Kier alpha value is -1.32. The normalized spacial score (nSPS) is 17.4. The van der Waals surface area contributed by atoms with Crippen LogP contribution >= 0.6 is 0 Å². The maximum Gasteiger partial charge on any atom is 0.310 e. The molecule has 0 unspecified atom stereocenters. The molecule has 0 aliphatic heterocycles. The lowest BCUT2D eigenvalue weighted by Gasteiger charge is -2.12. The molecule has 4 nitrogen and oxygen atoms in total. The Morgan fingerprint density at radius 1 is 1.53 bits per heavy atom. The van der Waals surface area contributed by atoms with Crippen LogP contribution in [0.4, 0.5) is 0 Å². The number of hydrogen-bond acceptors (Lipinski definition) is 2. The van der Waals surface area contributed by atoms with E-state index in [-0.39, 0.29) is 0 Å². The first kappa shape index (κ1) is 12.1. The van der Waals surface area contributed by atoms with Crippen LogP contribution in [-0.4, -0.2) is 20.9 Å². The van der Waals surface area contributed by atoms with Gasteiger partial charge in [-0.25, -0.2) is 0 Å². The minimum Gasteiger partial charge on any atom is -0.481 e. The molecule has 0 bridgehead atoms. The number of carboxylic acid groups (broad SMARTS) is 1. The van der Waals surface area contributed by atoms with Crippen molar-refractivity contribution >= 4 is 5.97 Å². The van der Waals surface area contributed by atoms with Gasteiger partial charge >= 0.3 is 5.97 Å². The van der Waals surface area contributed by atoms with Gasteiger partial charge in [0.2, 0.25) is 0 Å². The van der Waals surface area contributed by atoms with Gasteiger partial charge in [-0.1, -0.05) is 13.8 Å². The molecule has 1 aliphatic rings. The first-order chi connectivity index (χ1) is 8.11. The van der Waals surface area contributed by atoms with Gasteiger partial charge in [0, 0.05) is 12.6 Å². The monoisotopic (exact) mass is 236 g/mol. The van der Waals surface area contributed by atoms with E-state index in [0.29, 0.717) is 12.5 Å². The molecule has 0 radical (unpaired) electrons. The van der Waals surface area contributed by atoms with Crippen molar-refractivity contribution in [1.82, 2.24) is 9.78 Å². The highest BCUT2D eigenvalue weighted by molar-refractivity contribution is 5.78. The molecule has 2 rings (SSSR count). The predicted octanol–water partition coefficient (Wildman–Crippen LogP) is 2.65. The lowest BCUT2D eigenvalue weighted by molar-refractivity contribution is -0.143. The molecule has 1 N–H and O–H groups in total. The highest BCUT2D eigenvalue weighted by Crippen LogP contribution is 2.48. The number of carboxylic acids is 1. The summed E-state index contributed by atoms with van der Waals surface area (Å²) in [5.74, 6) is -0.672. The van der Waals surface area contributed by atoms with Gasteiger partial charge in [0.05, 0.1) is 17.2 Å². The predicted molar refractivity (Wildman–Crippen MR) is 64.9 cm³/mol. The maximum absolute atomic E-state index is 11.1. The van der Waals surface area contributed by atoms with E-state index in [1.54, 1.807) is 0 Å². The summed E-state index contributed by atoms with van der Waals surface area (Å²) >= 11 is 0. The van der Waals surface area contributed by atoms with E-state index in [1.165, 1.54) is 0 Å². The molecule has 1 saturated carbocycles. The van der Waals surface area contributed by atoms with E-state index in [1.807, 2.05) is 16.9 Å². The summed E-state index contributed by atoms with van der Waals surface area (Å²) in [7, 11) is 0. The third-order valence-electron chi connectivity index (χ3n) is 3.81. The fourth-order valence-electron chi connectivity index (χ4n) is 2.30. The summed E-state index contributed by atoms with van der Waals surface area (Å²) in [6.07, 6.45) is 6.25. The van der Waals surface area contributed by atoms with Gasteiger partial charge in [-0.2, -0.15) is 5.10 Å². The number of carbonyl (C=O) groups is 1. The van der Waals surface area contributed by atoms with Crippen LogP contribution in [0.1, 0.15) is 51.3 Å². The summed E-state index contributed by atoms with van der Waals surface area (Å²) in [5, 5.41) is 13.7. The van der Waals surface area contributed by atoms with Crippen LogP contribution in [0.3, 0.4) is 0 Å². The van der Waals surface area contributed by atoms with Crippen LogP contribution < -0.4 is 0 Å². The first-order valence-corrected chi connectivity index (χ1v) is 6.38. The van der Waals surface area contributed by atoms with Crippen molar-refractivity contribution in [3.8, 4) is 0 Å². The molecule has 1 heterocycles. The standard InChI is InChI=1S/C13H20N2O2/c1-3-11(4-2)15-8-5-10(14-15)9-13(6-7-13)12(16)17/h5,8,11H,3-4,6-7,9H2,1-2H3,(H,16,17). The lowest BCUT2D eigenvalue weighted by Crippen LogP contribution is -2.18. The Bertz CT molecular complexity index is 403. The number of nitrogens with zero attached hydrogens (tertiary/aromatic N) is 2. The van der Waals surface area contributed by atoms with Crippen LogP contribution in [0.25, 0.3) is 0 Å². The highest BCUT2D eigenvalue weighted by Gasteiger charge is 2.50. The van der Waals surface area contributed by atoms with Gasteiger partial charge in [0.25, 0.3) is 0 Å². The smallest absolute Gasteiger partial charge is 0.310 e. The van der Waals surface area contributed by atoms with Crippen LogP contribution in [0.2, 0.25) is 0 Å². The lowest BCUT2D eigenvalue weighted by atomic mass is 10.0. The summed E-state index contributed by atoms with van der Waals surface area (Å²) in [6, 6.07) is 2.39. The van der Waals surface area contributed by atoms with E-state index >= 15 is 0 Å². The van der Waals surface area contributed by atoms with Crippen molar-refractivity contribution in [2.45, 2.75) is 52.0 Å². The van der Waals surface area contributed by atoms with E-state index in [0.717, 1.165) is 31.4 Å². The van der Waals surface area contributed by atoms with Gasteiger partial charge < -0.3 is 5.11 Å². The van der Waals surface area contributed by atoms with Crippen molar-refractivity contribution in [1.29, 1.82) is 0 Å². The molecule has 94 valence electrons. The fraction of sp³-hybridized carbons (Fsp3) is 0.692. The number of aromatic nitrogens is 2. The maximum atomic E-state index is 11.1. The summed E-state index contributed by atoms with van der Waals surface area (Å²) in [5.41, 5.74) is 0.407. The summed E-state index contributed by atoms with van der Waals surface area (Å²) in [4.78, 5) is 11.1. The quantitative estimate of drug-likeness (QED) is 0.826. The minimum atomic E-state index is -0.672. The van der Waals surface area contributed by atoms with E-state index in [2.05, 4.69) is 18.9 Å². The zero-order chi connectivity index (χ0) is 12.5. The molecule has 0 aromatic carbocycles. The second-order valence-electron chi connectivity index (χ2n) is 5.02. The first-order valence-electron chi connectivity index (χ1n) is 6.38. The molecule has 17 heavy (non-hydrogen) atoms. The van der Waals surface area contributed by atoms with Crippen molar-refractivity contribution in [3.05, 3.63) is 18.0 Å². The molecule has 1 aliphatic carbocycles. The fourth-order valence-corrected chi connectivity index (χ4v) is 2.30. The molecule has 1 aromatic heterocycles. The van der Waals surface area contributed by atoms with Crippen LogP contribution in [0.5, 0.6) is 0 Å². The van der Waals surface area contributed by atoms with E-state index < -0.39 is 11.4 Å². The van der Waals surface area contributed by atoms with Gasteiger partial charge in [-0.15, -0.1) is 0 Å². The van der Waals surface area contributed by atoms with Crippen molar-refractivity contribution in [2.24, 2.45) is 5.41 Å².